The van der Waals surface area contributed by atoms with Crippen molar-refractivity contribution in [1.29, 1.82) is 0 Å². The Morgan fingerprint density at radius 2 is 1.00 bits per heavy atom. The molecule has 0 spiro atoms. The first-order valence-electron chi connectivity index (χ1n) is 13.1. The predicted octanol–water partition coefficient (Wildman–Crippen LogP) is 2.30. The summed E-state index contributed by atoms with van der Waals surface area (Å²) in [7, 11) is 0. The van der Waals surface area contributed by atoms with E-state index in [1.165, 1.54) is 38.5 Å². The number of guanidine groups is 4. The second-order valence-corrected chi connectivity index (χ2v) is 9.14. The highest BCUT2D eigenvalue weighted by Gasteiger charge is 2.20. The zero-order valence-electron chi connectivity index (χ0n) is 22.0. The first-order valence-corrected chi connectivity index (χ1v) is 13.1. The van der Waals surface area contributed by atoms with E-state index in [0.717, 1.165) is 12.8 Å². The van der Waals surface area contributed by atoms with Crippen molar-refractivity contribution in [1.82, 2.24) is 9.80 Å². The van der Waals surface area contributed by atoms with Crippen LogP contribution in [-0.4, -0.2) is 72.9 Å². The van der Waals surface area contributed by atoms with Crippen LogP contribution >= 0.6 is 0 Å². The van der Waals surface area contributed by atoms with Crippen molar-refractivity contribution >= 4 is 23.8 Å². The van der Waals surface area contributed by atoms with Crippen LogP contribution in [0.15, 0.2) is 20.0 Å². The molecule has 0 aromatic rings. The van der Waals surface area contributed by atoms with Crippen molar-refractivity contribution in [3.63, 3.8) is 0 Å². The van der Waals surface area contributed by atoms with Crippen LogP contribution in [-0.2, 0) is 0 Å². The Kier molecular flexibility index (Phi) is 14.8. The highest BCUT2D eigenvalue weighted by atomic mass is 15.4. The standard InChI is InChI=1S/C24H50N10/c1-5-9-11-19(7-3)17-29-21(25)31-23(27)33-13-15-34(16-14-33)24(28)32-22(26)30-18-20(8-4)12-10-6-2/h19-20H,5-18H2,1-4H3,(H4,25,27,29,31)(H4,26,28,30,32). The molecule has 0 bridgehead atoms. The van der Waals surface area contributed by atoms with Gasteiger partial charge in [0, 0.05) is 39.3 Å². The van der Waals surface area contributed by atoms with E-state index in [1.807, 2.05) is 9.80 Å². The van der Waals surface area contributed by atoms with Crippen molar-refractivity contribution in [3.05, 3.63) is 0 Å². The molecule has 8 N–H and O–H groups in total. The van der Waals surface area contributed by atoms with E-state index in [0.29, 0.717) is 63.0 Å². The van der Waals surface area contributed by atoms with E-state index in [-0.39, 0.29) is 11.9 Å². The molecule has 1 saturated heterocycles. The van der Waals surface area contributed by atoms with Gasteiger partial charge >= 0.3 is 0 Å². The molecule has 1 fully saturated rings. The maximum absolute atomic E-state index is 6.18. The van der Waals surface area contributed by atoms with E-state index in [9.17, 15) is 0 Å². The van der Waals surface area contributed by atoms with Crippen molar-refractivity contribution < 1.29 is 0 Å². The first kappa shape index (κ1) is 29.5. The van der Waals surface area contributed by atoms with Gasteiger partial charge < -0.3 is 32.7 Å². The second kappa shape index (κ2) is 17.0. The quantitative estimate of drug-likeness (QED) is 0.249. The number of rotatable bonds is 12. The fourth-order valence-electron chi connectivity index (χ4n) is 3.89. The molecular formula is C24H50N10. The summed E-state index contributed by atoms with van der Waals surface area (Å²) in [6, 6.07) is 0. The Labute approximate surface area is 207 Å². The lowest BCUT2D eigenvalue weighted by Crippen LogP contribution is -2.54. The average molecular weight is 479 g/mol. The SMILES string of the molecule is CCCCC(CC)CN=C(N)/N=C(/N)N1CCN(/C(N)=N\C(N)=NCC(CC)CCCC)CC1. The van der Waals surface area contributed by atoms with Crippen molar-refractivity contribution in [3.8, 4) is 0 Å². The zero-order chi connectivity index (χ0) is 25.3. The van der Waals surface area contributed by atoms with Crippen LogP contribution in [0.4, 0.5) is 0 Å². The molecule has 0 radical (unpaired) electrons. The van der Waals surface area contributed by atoms with Gasteiger partial charge in [-0.1, -0.05) is 66.2 Å². The monoisotopic (exact) mass is 478 g/mol. The Balaban J connectivity index is 2.56. The Hall–Kier alpha value is -2.52. The molecule has 0 amide bonds. The molecule has 196 valence electrons. The molecule has 1 rings (SSSR count). The number of unbranched alkanes of at least 4 members (excludes halogenated alkanes) is 2. The summed E-state index contributed by atoms with van der Waals surface area (Å²) in [4.78, 5) is 21.4. The summed E-state index contributed by atoms with van der Waals surface area (Å²) in [5, 5.41) is 0. The summed E-state index contributed by atoms with van der Waals surface area (Å²) in [6.45, 7) is 12.8. The first-order chi connectivity index (χ1) is 16.3. The van der Waals surface area contributed by atoms with E-state index in [4.69, 9.17) is 22.9 Å². The number of hydrogen-bond donors (Lipinski definition) is 4. The third-order valence-electron chi connectivity index (χ3n) is 6.50. The van der Waals surface area contributed by atoms with Crippen molar-refractivity contribution in [2.75, 3.05) is 39.3 Å². The molecule has 1 heterocycles. The molecule has 34 heavy (non-hydrogen) atoms. The molecule has 0 aromatic carbocycles. The number of piperazine rings is 1. The zero-order valence-corrected chi connectivity index (χ0v) is 22.0. The predicted molar refractivity (Wildman–Crippen MR) is 146 cm³/mol. The largest absolute Gasteiger partial charge is 0.369 e. The molecule has 10 nitrogen and oxygen atoms in total. The Bertz CT molecular complexity index is 619. The van der Waals surface area contributed by atoms with E-state index in [1.54, 1.807) is 0 Å². The van der Waals surface area contributed by atoms with Gasteiger partial charge in [-0.05, 0) is 24.7 Å². The summed E-state index contributed by atoms with van der Waals surface area (Å²) in [6.07, 6.45) is 9.34. The van der Waals surface area contributed by atoms with E-state index in [2.05, 4.69) is 47.7 Å². The number of nitrogens with zero attached hydrogens (tertiary/aromatic N) is 6. The maximum Gasteiger partial charge on any atom is 0.218 e. The van der Waals surface area contributed by atoms with E-state index >= 15 is 0 Å². The summed E-state index contributed by atoms with van der Waals surface area (Å²) < 4.78 is 0. The van der Waals surface area contributed by atoms with Crippen LogP contribution in [0, 0.1) is 11.8 Å². The molecule has 10 heteroatoms. The van der Waals surface area contributed by atoms with Crippen LogP contribution in [0.25, 0.3) is 0 Å². The van der Waals surface area contributed by atoms with Gasteiger partial charge in [0.25, 0.3) is 0 Å². The summed E-state index contributed by atoms with van der Waals surface area (Å²) in [5.41, 5.74) is 24.4. The minimum atomic E-state index is 0.240. The molecule has 2 unspecified atom stereocenters. The van der Waals surface area contributed by atoms with Gasteiger partial charge in [-0.2, -0.15) is 9.98 Å². The number of hydrogen-bond acceptors (Lipinski definition) is 2. The average Bonchev–Trinajstić information content (AvgIpc) is 2.84. The lowest BCUT2D eigenvalue weighted by molar-refractivity contribution is 0.255. The minimum absolute atomic E-state index is 0.240. The highest BCUT2D eigenvalue weighted by molar-refractivity contribution is 5.94. The van der Waals surface area contributed by atoms with Crippen LogP contribution in [0.3, 0.4) is 0 Å². The molecule has 1 aliphatic heterocycles. The maximum atomic E-state index is 6.18. The summed E-state index contributed by atoms with van der Waals surface area (Å²) in [5.74, 6) is 2.34. The highest BCUT2D eigenvalue weighted by Crippen LogP contribution is 2.13. The Morgan fingerprint density at radius 3 is 1.29 bits per heavy atom. The molecule has 1 aliphatic rings. The smallest absolute Gasteiger partial charge is 0.218 e. The number of aliphatic imine (C=N–C) groups is 4. The molecule has 0 saturated carbocycles. The van der Waals surface area contributed by atoms with Gasteiger partial charge in [-0.3, -0.25) is 9.98 Å². The molecule has 2 atom stereocenters. The van der Waals surface area contributed by atoms with Gasteiger partial charge in [0.1, 0.15) is 0 Å². The van der Waals surface area contributed by atoms with Crippen LogP contribution in [0.2, 0.25) is 0 Å². The number of nitrogens with two attached hydrogens (primary N) is 4. The van der Waals surface area contributed by atoms with Gasteiger partial charge in [-0.25, -0.2) is 0 Å². The topological polar surface area (TPSA) is 160 Å². The molecular weight excluding hydrogens is 428 g/mol. The van der Waals surface area contributed by atoms with Crippen LogP contribution in [0.1, 0.15) is 79.1 Å². The van der Waals surface area contributed by atoms with Gasteiger partial charge in [0.2, 0.25) is 11.9 Å². The third-order valence-corrected chi connectivity index (χ3v) is 6.50. The minimum Gasteiger partial charge on any atom is -0.369 e. The van der Waals surface area contributed by atoms with Gasteiger partial charge in [0.05, 0.1) is 0 Å². The fraction of sp³-hybridized carbons (Fsp3) is 0.833. The van der Waals surface area contributed by atoms with Crippen molar-refractivity contribution in [2.24, 2.45) is 54.7 Å². The second-order valence-electron chi connectivity index (χ2n) is 9.14. The molecule has 0 aliphatic carbocycles. The normalized spacial score (nSPS) is 18.4. The fourth-order valence-corrected chi connectivity index (χ4v) is 3.89. The third kappa shape index (κ3) is 11.6. The lowest BCUT2D eigenvalue weighted by Gasteiger charge is -2.35. The van der Waals surface area contributed by atoms with Gasteiger partial charge in [0.15, 0.2) is 11.9 Å². The summed E-state index contributed by atoms with van der Waals surface area (Å²) >= 11 is 0. The van der Waals surface area contributed by atoms with Gasteiger partial charge in [-0.15, -0.1) is 0 Å². The van der Waals surface area contributed by atoms with Crippen molar-refractivity contribution in [2.45, 2.75) is 79.1 Å². The lowest BCUT2D eigenvalue weighted by atomic mass is 10.00. The van der Waals surface area contributed by atoms with Crippen LogP contribution < -0.4 is 22.9 Å². The van der Waals surface area contributed by atoms with Crippen LogP contribution in [0.5, 0.6) is 0 Å². The van der Waals surface area contributed by atoms with E-state index < -0.39 is 0 Å². The molecule has 0 aromatic heterocycles. The Morgan fingerprint density at radius 1 is 0.647 bits per heavy atom.